The highest BCUT2D eigenvalue weighted by Crippen LogP contribution is 2.38. The zero-order valence-electron chi connectivity index (χ0n) is 8.70. The SMILES string of the molecule is CC(C)(C)Cc1c(O)ccc(O)c1O. The molecule has 0 unspecified atom stereocenters. The molecular formula is C11H16O3. The van der Waals surface area contributed by atoms with E-state index in [1.165, 1.54) is 12.1 Å². The lowest BCUT2D eigenvalue weighted by molar-refractivity contribution is 0.360. The van der Waals surface area contributed by atoms with E-state index in [1.54, 1.807) is 0 Å². The summed E-state index contributed by atoms with van der Waals surface area (Å²) >= 11 is 0. The summed E-state index contributed by atoms with van der Waals surface area (Å²) in [5, 5.41) is 28.3. The van der Waals surface area contributed by atoms with Crippen LogP contribution in [0.25, 0.3) is 0 Å². The van der Waals surface area contributed by atoms with Gasteiger partial charge < -0.3 is 15.3 Å². The molecule has 3 heteroatoms. The first-order valence-electron chi connectivity index (χ1n) is 4.54. The van der Waals surface area contributed by atoms with Gasteiger partial charge in [0.15, 0.2) is 11.5 Å². The van der Waals surface area contributed by atoms with Crippen molar-refractivity contribution in [2.24, 2.45) is 5.41 Å². The summed E-state index contributed by atoms with van der Waals surface area (Å²) in [6, 6.07) is 2.66. The molecule has 3 N–H and O–H groups in total. The summed E-state index contributed by atoms with van der Waals surface area (Å²) in [6.07, 6.45) is 0.513. The van der Waals surface area contributed by atoms with Crippen molar-refractivity contribution >= 4 is 0 Å². The van der Waals surface area contributed by atoms with Gasteiger partial charge in [-0.25, -0.2) is 0 Å². The molecule has 0 spiro atoms. The topological polar surface area (TPSA) is 60.7 Å². The third-order valence-electron chi connectivity index (χ3n) is 1.94. The first-order chi connectivity index (χ1) is 6.31. The van der Waals surface area contributed by atoms with Crippen molar-refractivity contribution in [3.63, 3.8) is 0 Å². The fourth-order valence-electron chi connectivity index (χ4n) is 1.32. The van der Waals surface area contributed by atoms with E-state index in [2.05, 4.69) is 0 Å². The molecule has 0 heterocycles. The first kappa shape index (κ1) is 10.7. The van der Waals surface area contributed by atoms with Crippen LogP contribution in [0.3, 0.4) is 0 Å². The van der Waals surface area contributed by atoms with Crippen molar-refractivity contribution in [2.75, 3.05) is 0 Å². The van der Waals surface area contributed by atoms with E-state index in [0.29, 0.717) is 12.0 Å². The number of phenolic OH excluding ortho intramolecular Hbond substituents is 3. The lowest BCUT2D eigenvalue weighted by Gasteiger charge is -2.19. The maximum Gasteiger partial charge on any atom is 0.164 e. The van der Waals surface area contributed by atoms with Gasteiger partial charge in [-0.1, -0.05) is 20.8 Å². The zero-order valence-corrected chi connectivity index (χ0v) is 8.70. The average Bonchev–Trinajstić information content (AvgIpc) is 2.04. The molecule has 1 rings (SSSR count). The quantitative estimate of drug-likeness (QED) is 0.477. The normalized spacial score (nSPS) is 11.6. The van der Waals surface area contributed by atoms with Crippen LogP contribution in [-0.4, -0.2) is 15.3 Å². The van der Waals surface area contributed by atoms with E-state index in [-0.39, 0.29) is 22.7 Å². The Bertz CT molecular complexity index is 337. The summed E-state index contributed by atoms with van der Waals surface area (Å²) < 4.78 is 0. The van der Waals surface area contributed by atoms with Gasteiger partial charge in [-0.05, 0) is 24.0 Å². The molecular weight excluding hydrogens is 180 g/mol. The molecule has 78 valence electrons. The van der Waals surface area contributed by atoms with Gasteiger partial charge in [0.25, 0.3) is 0 Å². The lowest BCUT2D eigenvalue weighted by Crippen LogP contribution is -2.09. The minimum absolute atomic E-state index is 0.0234. The van der Waals surface area contributed by atoms with Crippen LogP contribution in [0.15, 0.2) is 12.1 Å². The van der Waals surface area contributed by atoms with Crippen molar-refractivity contribution < 1.29 is 15.3 Å². The summed E-state index contributed by atoms with van der Waals surface area (Å²) in [4.78, 5) is 0. The van der Waals surface area contributed by atoms with Crippen LogP contribution in [0.2, 0.25) is 0 Å². The van der Waals surface area contributed by atoms with Crippen LogP contribution < -0.4 is 0 Å². The second-order valence-electron chi connectivity index (χ2n) is 4.67. The van der Waals surface area contributed by atoms with Crippen LogP contribution in [0.4, 0.5) is 0 Å². The van der Waals surface area contributed by atoms with E-state index in [1.807, 2.05) is 20.8 Å². The van der Waals surface area contributed by atoms with Gasteiger partial charge in [0, 0.05) is 5.56 Å². The molecule has 1 aromatic carbocycles. The number of phenols is 3. The predicted molar refractivity (Wildman–Crippen MR) is 54.6 cm³/mol. The average molecular weight is 196 g/mol. The van der Waals surface area contributed by atoms with Gasteiger partial charge in [0.05, 0.1) is 0 Å². The molecule has 0 aliphatic heterocycles. The Kier molecular flexibility index (Phi) is 2.60. The minimum Gasteiger partial charge on any atom is -0.508 e. The maximum atomic E-state index is 9.53. The van der Waals surface area contributed by atoms with Crippen LogP contribution in [0, 0.1) is 5.41 Å². The molecule has 0 radical (unpaired) electrons. The third-order valence-corrected chi connectivity index (χ3v) is 1.94. The number of benzene rings is 1. The second-order valence-corrected chi connectivity index (χ2v) is 4.67. The zero-order chi connectivity index (χ0) is 10.9. The molecule has 0 saturated carbocycles. The number of aromatic hydroxyl groups is 3. The largest absolute Gasteiger partial charge is 0.508 e. The van der Waals surface area contributed by atoms with Crippen LogP contribution >= 0.6 is 0 Å². The van der Waals surface area contributed by atoms with Gasteiger partial charge in [0.1, 0.15) is 5.75 Å². The smallest absolute Gasteiger partial charge is 0.164 e. The van der Waals surface area contributed by atoms with Gasteiger partial charge >= 0.3 is 0 Å². The van der Waals surface area contributed by atoms with Crippen LogP contribution in [0.1, 0.15) is 26.3 Å². The summed E-state index contributed by atoms with van der Waals surface area (Å²) in [5.74, 6) is -0.391. The van der Waals surface area contributed by atoms with Gasteiger partial charge in [0.2, 0.25) is 0 Å². The highest BCUT2D eigenvalue weighted by Gasteiger charge is 2.19. The molecule has 0 amide bonds. The highest BCUT2D eigenvalue weighted by molar-refractivity contribution is 5.51. The van der Waals surface area contributed by atoms with Crippen LogP contribution in [0.5, 0.6) is 17.2 Å². The van der Waals surface area contributed by atoms with Crippen LogP contribution in [-0.2, 0) is 6.42 Å². The van der Waals surface area contributed by atoms with Crippen molar-refractivity contribution in [3.05, 3.63) is 17.7 Å². The molecule has 0 aromatic heterocycles. The molecule has 0 aliphatic rings. The Morgan fingerprint density at radius 2 is 1.50 bits per heavy atom. The fraction of sp³-hybridized carbons (Fsp3) is 0.455. The second kappa shape index (κ2) is 3.40. The van der Waals surface area contributed by atoms with Gasteiger partial charge in [-0.3, -0.25) is 0 Å². The molecule has 3 nitrogen and oxygen atoms in total. The van der Waals surface area contributed by atoms with Crippen molar-refractivity contribution in [1.29, 1.82) is 0 Å². The summed E-state index contributed by atoms with van der Waals surface area (Å²) in [5.41, 5.74) is 0.348. The molecule has 14 heavy (non-hydrogen) atoms. The maximum absolute atomic E-state index is 9.53. The molecule has 0 bridgehead atoms. The monoisotopic (exact) mass is 196 g/mol. The van der Waals surface area contributed by atoms with Crippen molar-refractivity contribution in [2.45, 2.75) is 27.2 Å². The highest BCUT2D eigenvalue weighted by atomic mass is 16.3. The standard InChI is InChI=1S/C11H16O3/c1-11(2,3)6-7-8(12)4-5-9(13)10(7)14/h4-5,12-14H,6H2,1-3H3. The minimum atomic E-state index is -0.222. The van der Waals surface area contributed by atoms with Crippen molar-refractivity contribution in [1.82, 2.24) is 0 Å². The number of hydrogen-bond donors (Lipinski definition) is 3. The molecule has 0 atom stereocenters. The molecule has 1 aromatic rings. The first-order valence-corrected chi connectivity index (χ1v) is 4.54. The predicted octanol–water partition coefficient (Wildman–Crippen LogP) is 2.39. The van der Waals surface area contributed by atoms with E-state index >= 15 is 0 Å². The lowest BCUT2D eigenvalue weighted by atomic mass is 9.87. The summed E-state index contributed by atoms with van der Waals surface area (Å²) in [6.45, 7) is 5.99. The Labute approximate surface area is 83.6 Å². The van der Waals surface area contributed by atoms with E-state index in [0.717, 1.165) is 0 Å². The van der Waals surface area contributed by atoms with Gasteiger partial charge in [-0.15, -0.1) is 0 Å². The van der Waals surface area contributed by atoms with E-state index in [4.69, 9.17) is 0 Å². The third kappa shape index (κ3) is 2.31. The van der Waals surface area contributed by atoms with Crippen molar-refractivity contribution in [3.8, 4) is 17.2 Å². The molecule has 0 saturated heterocycles. The number of hydrogen-bond acceptors (Lipinski definition) is 3. The fourth-order valence-corrected chi connectivity index (χ4v) is 1.32. The molecule has 0 aliphatic carbocycles. The number of rotatable bonds is 1. The van der Waals surface area contributed by atoms with E-state index in [9.17, 15) is 15.3 Å². The Hall–Kier alpha value is -1.38. The molecule has 0 fully saturated rings. The Morgan fingerprint density at radius 3 is 2.00 bits per heavy atom. The summed E-state index contributed by atoms with van der Waals surface area (Å²) in [7, 11) is 0. The van der Waals surface area contributed by atoms with E-state index < -0.39 is 0 Å². The Balaban J connectivity index is 3.13. The Morgan fingerprint density at radius 1 is 1.00 bits per heavy atom. The van der Waals surface area contributed by atoms with Gasteiger partial charge in [-0.2, -0.15) is 0 Å².